The fourth-order valence-electron chi connectivity index (χ4n) is 1.89. The molecule has 1 aromatic carbocycles. The van der Waals surface area contributed by atoms with Crippen molar-refractivity contribution >= 4 is 18.0 Å². The lowest BCUT2D eigenvalue weighted by Gasteiger charge is -2.10. The van der Waals surface area contributed by atoms with Crippen LogP contribution in [0.4, 0.5) is 0 Å². The van der Waals surface area contributed by atoms with Crippen LogP contribution in [-0.4, -0.2) is 31.3 Å². The number of esters is 2. The maximum Gasteiger partial charge on any atom is 0.334 e. The molecule has 126 valence electrons. The molecule has 5 heteroatoms. The van der Waals surface area contributed by atoms with Crippen molar-refractivity contribution in [2.75, 3.05) is 13.2 Å². The van der Waals surface area contributed by atoms with E-state index >= 15 is 0 Å². The summed E-state index contributed by atoms with van der Waals surface area (Å²) in [6.45, 7) is 7.87. The van der Waals surface area contributed by atoms with Gasteiger partial charge in [0.25, 0.3) is 0 Å². The number of carbonyl (C=O) groups excluding carboxylic acids is 2. The molecule has 0 heterocycles. The van der Waals surface area contributed by atoms with Crippen molar-refractivity contribution in [1.29, 1.82) is 0 Å². The molecule has 0 aliphatic rings. The minimum atomic E-state index is -0.511. The van der Waals surface area contributed by atoms with Gasteiger partial charge in [0.2, 0.25) is 0 Å². The van der Waals surface area contributed by atoms with Gasteiger partial charge >= 0.3 is 11.9 Å². The molecule has 0 saturated heterocycles. The minimum Gasteiger partial charge on any atom is -0.491 e. The Bertz CT molecular complexity index is 543. The standard InChI is InChI=1S/C18H24O5/c1-5-21-17(19)12-15(18(20)22-6-2)11-14-7-9-16(10-8-14)23-13(3)4/h7-11,13H,5-6,12H2,1-4H3. The van der Waals surface area contributed by atoms with Crippen molar-refractivity contribution in [1.82, 2.24) is 0 Å². The SMILES string of the molecule is CCOC(=O)CC(=Cc1ccc(OC(C)C)cc1)C(=O)OCC. The van der Waals surface area contributed by atoms with E-state index in [-0.39, 0.29) is 31.3 Å². The number of hydrogen-bond donors (Lipinski definition) is 0. The summed E-state index contributed by atoms with van der Waals surface area (Å²) in [6, 6.07) is 7.28. The van der Waals surface area contributed by atoms with Gasteiger partial charge in [-0.15, -0.1) is 0 Å². The molecule has 1 aromatic rings. The normalized spacial score (nSPS) is 11.3. The lowest BCUT2D eigenvalue weighted by Crippen LogP contribution is -2.13. The van der Waals surface area contributed by atoms with E-state index in [0.29, 0.717) is 0 Å². The molecule has 0 fully saturated rings. The second-order valence-electron chi connectivity index (χ2n) is 5.11. The molecule has 0 unspecified atom stereocenters. The van der Waals surface area contributed by atoms with Gasteiger partial charge in [0.1, 0.15) is 5.75 Å². The van der Waals surface area contributed by atoms with Gasteiger partial charge in [0.15, 0.2) is 0 Å². The van der Waals surface area contributed by atoms with Crippen LogP contribution in [0.3, 0.4) is 0 Å². The Balaban J connectivity index is 2.93. The summed E-state index contributed by atoms with van der Waals surface area (Å²) >= 11 is 0. The molecule has 0 aliphatic heterocycles. The quantitative estimate of drug-likeness (QED) is 0.543. The highest BCUT2D eigenvalue weighted by Gasteiger charge is 2.16. The van der Waals surface area contributed by atoms with E-state index in [2.05, 4.69) is 0 Å². The zero-order valence-electron chi connectivity index (χ0n) is 14.1. The van der Waals surface area contributed by atoms with Gasteiger partial charge in [-0.2, -0.15) is 0 Å². The summed E-state index contributed by atoms with van der Waals surface area (Å²) in [6.07, 6.45) is 1.61. The van der Waals surface area contributed by atoms with Gasteiger partial charge in [-0.3, -0.25) is 4.79 Å². The van der Waals surface area contributed by atoms with Crippen LogP contribution < -0.4 is 4.74 Å². The Morgan fingerprint density at radius 2 is 1.65 bits per heavy atom. The third-order valence-corrected chi connectivity index (χ3v) is 2.77. The Kier molecular flexibility index (Phi) is 7.88. The van der Waals surface area contributed by atoms with Gasteiger partial charge in [-0.05, 0) is 51.5 Å². The summed E-state index contributed by atoms with van der Waals surface area (Å²) in [5.41, 5.74) is 1.05. The lowest BCUT2D eigenvalue weighted by molar-refractivity contribution is -0.145. The van der Waals surface area contributed by atoms with Crippen LogP contribution in [0.25, 0.3) is 6.08 Å². The van der Waals surface area contributed by atoms with E-state index < -0.39 is 11.9 Å². The molecule has 0 spiro atoms. The van der Waals surface area contributed by atoms with Gasteiger partial charge in [-0.25, -0.2) is 4.79 Å². The zero-order chi connectivity index (χ0) is 17.2. The first kappa shape index (κ1) is 18.7. The summed E-state index contributed by atoms with van der Waals surface area (Å²) in [7, 11) is 0. The zero-order valence-corrected chi connectivity index (χ0v) is 14.1. The summed E-state index contributed by atoms with van der Waals surface area (Å²) in [5.74, 6) is -0.213. The van der Waals surface area contributed by atoms with Crippen molar-refractivity contribution < 1.29 is 23.8 Å². The number of hydrogen-bond acceptors (Lipinski definition) is 5. The molecule has 0 radical (unpaired) electrons. The third kappa shape index (κ3) is 7.00. The average molecular weight is 320 g/mol. The Hall–Kier alpha value is -2.30. The first-order valence-corrected chi connectivity index (χ1v) is 7.76. The molecule has 23 heavy (non-hydrogen) atoms. The maximum absolute atomic E-state index is 12.0. The van der Waals surface area contributed by atoms with Crippen LogP contribution in [-0.2, 0) is 19.1 Å². The van der Waals surface area contributed by atoms with Crippen LogP contribution in [0.2, 0.25) is 0 Å². The topological polar surface area (TPSA) is 61.8 Å². The first-order chi connectivity index (χ1) is 11.0. The largest absolute Gasteiger partial charge is 0.491 e. The number of rotatable bonds is 8. The van der Waals surface area contributed by atoms with Crippen LogP contribution >= 0.6 is 0 Å². The fourth-order valence-corrected chi connectivity index (χ4v) is 1.89. The van der Waals surface area contributed by atoms with E-state index in [0.717, 1.165) is 11.3 Å². The van der Waals surface area contributed by atoms with Gasteiger partial charge in [0.05, 0.1) is 25.7 Å². The van der Waals surface area contributed by atoms with Crippen LogP contribution in [0.1, 0.15) is 39.7 Å². The second kappa shape index (κ2) is 9.66. The fraction of sp³-hybridized carbons (Fsp3) is 0.444. The monoisotopic (exact) mass is 320 g/mol. The Morgan fingerprint density at radius 3 is 2.17 bits per heavy atom. The molecule has 0 atom stereocenters. The Labute approximate surface area is 137 Å². The second-order valence-corrected chi connectivity index (χ2v) is 5.11. The average Bonchev–Trinajstić information content (AvgIpc) is 2.48. The number of benzene rings is 1. The van der Waals surface area contributed by atoms with Crippen molar-refractivity contribution in [3.05, 3.63) is 35.4 Å². The van der Waals surface area contributed by atoms with Crippen molar-refractivity contribution in [2.45, 2.75) is 40.2 Å². The number of ether oxygens (including phenoxy) is 3. The summed E-state index contributed by atoms with van der Waals surface area (Å²) in [4.78, 5) is 23.6. The van der Waals surface area contributed by atoms with Crippen molar-refractivity contribution in [3.63, 3.8) is 0 Å². The van der Waals surface area contributed by atoms with Gasteiger partial charge in [-0.1, -0.05) is 12.1 Å². The van der Waals surface area contributed by atoms with Gasteiger partial charge < -0.3 is 14.2 Å². The lowest BCUT2D eigenvalue weighted by atomic mass is 10.1. The molecule has 0 bridgehead atoms. The van der Waals surface area contributed by atoms with E-state index in [9.17, 15) is 9.59 Å². The van der Waals surface area contributed by atoms with Crippen molar-refractivity contribution in [3.8, 4) is 5.75 Å². The molecule has 0 N–H and O–H groups in total. The number of carbonyl (C=O) groups is 2. The highest BCUT2D eigenvalue weighted by molar-refractivity contribution is 5.98. The molecule has 1 rings (SSSR count). The molecular weight excluding hydrogens is 296 g/mol. The van der Waals surface area contributed by atoms with Crippen LogP contribution in [0, 0.1) is 0 Å². The molecule has 5 nitrogen and oxygen atoms in total. The Morgan fingerprint density at radius 1 is 1.04 bits per heavy atom. The highest BCUT2D eigenvalue weighted by Crippen LogP contribution is 2.18. The van der Waals surface area contributed by atoms with E-state index in [1.165, 1.54) is 0 Å². The van der Waals surface area contributed by atoms with E-state index in [1.54, 1.807) is 19.9 Å². The first-order valence-electron chi connectivity index (χ1n) is 7.76. The maximum atomic E-state index is 12.0. The van der Waals surface area contributed by atoms with E-state index in [1.807, 2.05) is 38.1 Å². The van der Waals surface area contributed by atoms with Crippen LogP contribution in [0.5, 0.6) is 5.75 Å². The highest BCUT2D eigenvalue weighted by atomic mass is 16.5. The van der Waals surface area contributed by atoms with E-state index in [4.69, 9.17) is 14.2 Å². The summed E-state index contributed by atoms with van der Waals surface area (Å²) < 4.78 is 15.5. The van der Waals surface area contributed by atoms with Crippen molar-refractivity contribution in [2.24, 2.45) is 0 Å². The molecule has 0 saturated carbocycles. The predicted molar refractivity (Wildman–Crippen MR) is 88.1 cm³/mol. The molecular formula is C18H24O5. The van der Waals surface area contributed by atoms with Crippen LogP contribution in [0.15, 0.2) is 29.8 Å². The predicted octanol–water partition coefficient (Wildman–Crippen LogP) is 3.37. The summed E-state index contributed by atoms with van der Waals surface area (Å²) in [5, 5.41) is 0. The van der Waals surface area contributed by atoms with Gasteiger partial charge in [0, 0.05) is 5.57 Å². The minimum absolute atomic E-state index is 0.0929. The molecule has 0 aliphatic carbocycles. The third-order valence-electron chi connectivity index (χ3n) is 2.77. The molecule has 0 amide bonds. The molecule has 0 aromatic heterocycles. The smallest absolute Gasteiger partial charge is 0.334 e.